The van der Waals surface area contributed by atoms with Gasteiger partial charge in [-0.2, -0.15) is 0 Å². The van der Waals surface area contributed by atoms with Gasteiger partial charge in [-0.3, -0.25) is 0 Å². The lowest BCUT2D eigenvalue weighted by Gasteiger charge is -2.17. The number of hydrogen-bond acceptors (Lipinski definition) is 0. The lowest BCUT2D eigenvalue weighted by molar-refractivity contribution is 1.18. The largest absolute Gasteiger partial charge is 0.319 e. The maximum atomic E-state index is 8.46. The van der Waals surface area contributed by atoms with E-state index >= 15 is 0 Å². The second kappa shape index (κ2) is 10.4. The van der Waals surface area contributed by atoms with Crippen LogP contribution in [0.25, 0.3) is 82.1 Å². The molecule has 0 saturated carbocycles. The van der Waals surface area contributed by atoms with Crippen molar-refractivity contribution in [2.24, 2.45) is 0 Å². The minimum Gasteiger partial charge on any atom is -0.319 e. The number of rotatable bonds is 4. The second-order valence-corrected chi connectivity index (χ2v) is 11.7. The van der Waals surface area contributed by atoms with Gasteiger partial charge in [0.2, 0.25) is 5.69 Å². The molecule has 214 valence electrons. The molecule has 0 bridgehead atoms. The van der Waals surface area contributed by atoms with Crippen molar-refractivity contribution in [2.75, 3.05) is 0 Å². The van der Waals surface area contributed by atoms with Crippen LogP contribution < -0.4 is 0 Å². The Hall–Kier alpha value is -6.37. The zero-order valence-corrected chi connectivity index (χ0v) is 24.9. The lowest BCUT2D eigenvalue weighted by Crippen LogP contribution is -1.98. The highest BCUT2D eigenvalue weighted by atomic mass is 15.0. The van der Waals surface area contributed by atoms with E-state index in [9.17, 15) is 0 Å². The molecule has 9 rings (SSSR count). The van der Waals surface area contributed by atoms with Gasteiger partial charge in [0.05, 0.1) is 34.3 Å². The van der Waals surface area contributed by atoms with Crippen molar-refractivity contribution in [3.05, 3.63) is 175 Å². The number of benzene rings is 7. The van der Waals surface area contributed by atoms with Crippen molar-refractivity contribution in [3.63, 3.8) is 0 Å². The summed E-state index contributed by atoms with van der Waals surface area (Å²) < 4.78 is 4.62. The highest BCUT2D eigenvalue weighted by Crippen LogP contribution is 2.43. The molecule has 0 aliphatic heterocycles. The first-order valence-corrected chi connectivity index (χ1v) is 15.5. The Labute approximate surface area is 266 Å². The topological polar surface area (TPSA) is 14.2 Å². The van der Waals surface area contributed by atoms with Crippen molar-refractivity contribution < 1.29 is 0 Å². The molecule has 0 aliphatic rings. The van der Waals surface area contributed by atoms with Gasteiger partial charge in [0, 0.05) is 27.2 Å². The molecule has 0 saturated heterocycles. The fourth-order valence-electron chi connectivity index (χ4n) is 7.12. The predicted molar refractivity (Wildman–Crippen MR) is 192 cm³/mol. The Bertz CT molecular complexity index is 2540. The van der Waals surface area contributed by atoms with Crippen molar-refractivity contribution in [2.45, 2.75) is 0 Å². The third kappa shape index (κ3) is 3.91. The maximum absolute atomic E-state index is 8.46. The van der Waals surface area contributed by atoms with E-state index in [1.165, 1.54) is 32.6 Å². The summed E-state index contributed by atoms with van der Waals surface area (Å²) in [6, 6.07) is 57.6. The fraction of sp³-hybridized carbons (Fsp3) is 0. The number of nitrogens with zero attached hydrogens (tertiary/aromatic N) is 3. The van der Waals surface area contributed by atoms with Gasteiger partial charge in [0.1, 0.15) is 0 Å². The summed E-state index contributed by atoms with van der Waals surface area (Å²) in [5, 5.41) is 4.83. The van der Waals surface area contributed by atoms with Gasteiger partial charge in [-0.15, -0.1) is 0 Å². The van der Waals surface area contributed by atoms with E-state index in [1.807, 2.05) is 18.2 Å². The molecular formula is C43H27N3. The third-order valence-corrected chi connectivity index (χ3v) is 9.13. The third-order valence-electron chi connectivity index (χ3n) is 9.13. The summed E-state index contributed by atoms with van der Waals surface area (Å²) in [5.41, 5.74) is 11.3. The Kier molecular flexibility index (Phi) is 5.88. The van der Waals surface area contributed by atoms with E-state index in [-0.39, 0.29) is 0 Å². The summed E-state index contributed by atoms with van der Waals surface area (Å²) in [6.07, 6.45) is 0. The van der Waals surface area contributed by atoms with Gasteiger partial charge in [0.15, 0.2) is 0 Å². The number of hydrogen-bond donors (Lipinski definition) is 0. The monoisotopic (exact) mass is 585 g/mol. The van der Waals surface area contributed by atoms with Gasteiger partial charge in [0.25, 0.3) is 0 Å². The molecule has 0 spiro atoms. The van der Waals surface area contributed by atoms with E-state index in [1.54, 1.807) is 0 Å². The molecule has 2 aromatic heterocycles. The number of fused-ring (bicyclic) bond motifs is 6. The van der Waals surface area contributed by atoms with Gasteiger partial charge in [-0.05, 0) is 64.7 Å². The van der Waals surface area contributed by atoms with Crippen molar-refractivity contribution in [3.8, 4) is 33.6 Å². The summed E-state index contributed by atoms with van der Waals surface area (Å²) in [4.78, 5) is 4.20. The minimum atomic E-state index is 0.639. The van der Waals surface area contributed by atoms with Gasteiger partial charge in [-0.1, -0.05) is 121 Å². The Morgan fingerprint density at radius 2 is 0.870 bits per heavy atom. The summed E-state index contributed by atoms with van der Waals surface area (Å²) in [6.45, 7) is 8.46. The molecule has 0 fully saturated rings. The predicted octanol–water partition coefficient (Wildman–Crippen LogP) is 11.8. The normalized spacial score (nSPS) is 11.5. The zero-order chi connectivity index (χ0) is 30.6. The van der Waals surface area contributed by atoms with E-state index in [4.69, 9.17) is 6.57 Å². The first kappa shape index (κ1) is 26.1. The van der Waals surface area contributed by atoms with Crippen molar-refractivity contribution >= 4 is 49.3 Å². The van der Waals surface area contributed by atoms with Crippen molar-refractivity contribution in [1.29, 1.82) is 0 Å². The number of aromatic nitrogens is 2. The minimum absolute atomic E-state index is 0.639. The average molecular weight is 586 g/mol. The molecule has 46 heavy (non-hydrogen) atoms. The molecule has 0 aliphatic carbocycles. The molecule has 9 aromatic rings. The standard InChI is InChI=1S/C43H27N3/c1-44-43-37(29-14-3-2-4-15-29)27-31(28-42(43)46-40-24-11-7-20-35(40)36-21-8-12-25-41(36)46)30-16-13-17-32(26-30)45-38-22-9-5-18-33(38)34-19-6-10-23-39(34)45/h2-28H. The first-order valence-electron chi connectivity index (χ1n) is 15.5. The molecule has 3 heteroatoms. The van der Waals surface area contributed by atoms with Crippen LogP contribution >= 0.6 is 0 Å². The Morgan fingerprint density at radius 1 is 0.391 bits per heavy atom. The van der Waals surface area contributed by atoms with Crippen LogP contribution in [0.15, 0.2) is 164 Å². The average Bonchev–Trinajstić information content (AvgIpc) is 3.65. The highest BCUT2D eigenvalue weighted by Gasteiger charge is 2.20. The molecule has 0 atom stereocenters. The Balaban J connectivity index is 1.34. The summed E-state index contributed by atoms with van der Waals surface area (Å²) >= 11 is 0. The lowest BCUT2D eigenvalue weighted by atomic mass is 9.95. The molecule has 2 heterocycles. The SMILES string of the molecule is [C-]#[N+]c1c(-c2ccccc2)cc(-c2cccc(-n3c4ccccc4c4ccccc43)c2)cc1-n1c2ccccc2c2ccccc21. The molecule has 0 amide bonds. The summed E-state index contributed by atoms with van der Waals surface area (Å²) in [7, 11) is 0. The zero-order valence-electron chi connectivity index (χ0n) is 24.9. The molecule has 0 unspecified atom stereocenters. The smallest absolute Gasteiger partial charge is 0.218 e. The first-order chi connectivity index (χ1) is 22.8. The quantitative estimate of drug-likeness (QED) is 0.182. The molecular weight excluding hydrogens is 558 g/mol. The van der Waals surface area contributed by atoms with Crippen LogP contribution in [-0.2, 0) is 0 Å². The van der Waals surface area contributed by atoms with E-state index < -0.39 is 0 Å². The second-order valence-electron chi connectivity index (χ2n) is 11.7. The molecule has 0 radical (unpaired) electrons. The maximum Gasteiger partial charge on any atom is 0.218 e. The number of para-hydroxylation sites is 4. The molecule has 3 nitrogen and oxygen atoms in total. The van der Waals surface area contributed by atoms with Gasteiger partial charge < -0.3 is 9.13 Å². The van der Waals surface area contributed by atoms with Crippen molar-refractivity contribution in [1.82, 2.24) is 9.13 Å². The molecule has 0 N–H and O–H groups in total. The highest BCUT2D eigenvalue weighted by molar-refractivity contribution is 6.11. The van der Waals surface area contributed by atoms with Crippen LogP contribution in [0.2, 0.25) is 0 Å². The Morgan fingerprint density at radius 3 is 1.41 bits per heavy atom. The molecule has 7 aromatic carbocycles. The van der Waals surface area contributed by atoms with Crippen LogP contribution in [0.1, 0.15) is 0 Å². The van der Waals surface area contributed by atoms with E-state index in [2.05, 4.69) is 160 Å². The van der Waals surface area contributed by atoms with Crippen LogP contribution in [0.5, 0.6) is 0 Å². The van der Waals surface area contributed by atoms with Crippen LogP contribution in [-0.4, -0.2) is 9.13 Å². The van der Waals surface area contributed by atoms with E-state index in [0.717, 1.165) is 44.7 Å². The van der Waals surface area contributed by atoms with Crippen LogP contribution in [0, 0.1) is 6.57 Å². The van der Waals surface area contributed by atoms with Crippen LogP contribution in [0.4, 0.5) is 5.69 Å². The summed E-state index contributed by atoms with van der Waals surface area (Å²) in [5.74, 6) is 0. The van der Waals surface area contributed by atoms with Crippen LogP contribution in [0.3, 0.4) is 0 Å². The fourth-order valence-corrected chi connectivity index (χ4v) is 7.12. The van der Waals surface area contributed by atoms with E-state index in [0.29, 0.717) is 5.69 Å². The van der Waals surface area contributed by atoms with Gasteiger partial charge in [-0.25, -0.2) is 4.85 Å². The van der Waals surface area contributed by atoms with Gasteiger partial charge >= 0.3 is 0 Å².